The standard InChI is InChI=1S/C20H23N3O4/c1-13-22-16-8-7-15(11-17(16)23-13)19(25)18(24)9-10-21-20(26)27-12-14-5-3-2-4-6-14/h2-8,11,18-19,24-25H,9-10,12H2,1H3,(H,21,26)(H,22,23). The summed E-state index contributed by atoms with van der Waals surface area (Å²) in [4.78, 5) is 19.1. The van der Waals surface area contributed by atoms with E-state index >= 15 is 0 Å². The van der Waals surface area contributed by atoms with Crippen molar-refractivity contribution in [1.82, 2.24) is 15.3 Å². The van der Waals surface area contributed by atoms with E-state index in [2.05, 4.69) is 15.3 Å². The molecule has 1 heterocycles. The van der Waals surface area contributed by atoms with E-state index in [9.17, 15) is 15.0 Å². The third-order valence-electron chi connectivity index (χ3n) is 4.25. The van der Waals surface area contributed by atoms with Gasteiger partial charge < -0.3 is 25.3 Å². The van der Waals surface area contributed by atoms with E-state index in [0.29, 0.717) is 5.56 Å². The normalized spacial score (nSPS) is 13.3. The second-order valence-electron chi connectivity index (χ2n) is 6.39. The minimum absolute atomic E-state index is 0.182. The summed E-state index contributed by atoms with van der Waals surface area (Å²) < 4.78 is 5.10. The molecular weight excluding hydrogens is 346 g/mol. The summed E-state index contributed by atoms with van der Waals surface area (Å²) in [5.41, 5.74) is 3.09. The number of carbonyl (C=O) groups is 1. The zero-order valence-corrected chi connectivity index (χ0v) is 15.1. The predicted molar refractivity (Wildman–Crippen MR) is 101 cm³/mol. The number of benzene rings is 2. The van der Waals surface area contributed by atoms with Crippen LogP contribution in [0, 0.1) is 6.92 Å². The van der Waals surface area contributed by atoms with Gasteiger partial charge in [0.25, 0.3) is 0 Å². The molecule has 0 aliphatic rings. The first-order chi connectivity index (χ1) is 13.0. The molecule has 0 saturated carbocycles. The third-order valence-corrected chi connectivity index (χ3v) is 4.25. The first-order valence-corrected chi connectivity index (χ1v) is 8.80. The summed E-state index contributed by atoms with van der Waals surface area (Å²) in [6, 6.07) is 14.7. The first-order valence-electron chi connectivity index (χ1n) is 8.80. The van der Waals surface area contributed by atoms with Crippen LogP contribution in [0.25, 0.3) is 11.0 Å². The number of carbonyl (C=O) groups excluding carboxylic acids is 1. The molecular formula is C20H23N3O4. The predicted octanol–water partition coefficient (Wildman–Crippen LogP) is 2.58. The Labute approximate surface area is 157 Å². The quantitative estimate of drug-likeness (QED) is 0.512. The van der Waals surface area contributed by atoms with Crippen molar-refractivity contribution in [1.29, 1.82) is 0 Å². The molecule has 0 aliphatic carbocycles. The monoisotopic (exact) mass is 369 g/mol. The lowest BCUT2D eigenvalue weighted by Crippen LogP contribution is -2.29. The Kier molecular flexibility index (Phi) is 6.05. The molecule has 2 unspecified atom stereocenters. The number of H-pyrrole nitrogens is 1. The number of aliphatic hydroxyl groups is 2. The van der Waals surface area contributed by atoms with Gasteiger partial charge in [0.05, 0.1) is 17.1 Å². The van der Waals surface area contributed by atoms with Gasteiger partial charge in [-0.15, -0.1) is 0 Å². The molecule has 1 amide bonds. The minimum atomic E-state index is -1.06. The van der Waals surface area contributed by atoms with E-state index in [4.69, 9.17) is 4.74 Å². The molecule has 1 aromatic heterocycles. The summed E-state index contributed by atoms with van der Waals surface area (Å²) in [6.07, 6.45) is -2.43. The van der Waals surface area contributed by atoms with Crippen LogP contribution >= 0.6 is 0 Å². The number of fused-ring (bicyclic) bond motifs is 1. The van der Waals surface area contributed by atoms with Crippen molar-refractivity contribution in [3.63, 3.8) is 0 Å². The first kappa shape index (κ1) is 18.9. The van der Waals surface area contributed by atoms with E-state index in [1.165, 1.54) is 0 Å². The van der Waals surface area contributed by atoms with E-state index in [1.807, 2.05) is 37.3 Å². The second kappa shape index (κ2) is 8.66. The maximum absolute atomic E-state index is 11.7. The van der Waals surface area contributed by atoms with Gasteiger partial charge in [-0.25, -0.2) is 9.78 Å². The Morgan fingerprint density at radius 2 is 2.00 bits per heavy atom. The Balaban J connectivity index is 1.45. The van der Waals surface area contributed by atoms with Crippen LogP contribution in [0.4, 0.5) is 4.79 Å². The van der Waals surface area contributed by atoms with Gasteiger partial charge in [-0.2, -0.15) is 0 Å². The van der Waals surface area contributed by atoms with Gasteiger partial charge in [0.15, 0.2) is 0 Å². The van der Waals surface area contributed by atoms with Crippen molar-refractivity contribution < 1.29 is 19.7 Å². The highest BCUT2D eigenvalue weighted by Crippen LogP contribution is 2.22. The van der Waals surface area contributed by atoms with Gasteiger partial charge in [-0.3, -0.25) is 0 Å². The summed E-state index contributed by atoms with van der Waals surface area (Å²) in [6.45, 7) is 2.23. The van der Waals surface area contributed by atoms with E-state index < -0.39 is 18.3 Å². The number of nitrogens with zero attached hydrogens (tertiary/aromatic N) is 1. The fourth-order valence-electron chi connectivity index (χ4n) is 2.82. The number of aromatic amines is 1. The minimum Gasteiger partial charge on any atom is -0.445 e. The van der Waals surface area contributed by atoms with Crippen LogP contribution in [0.1, 0.15) is 29.5 Å². The molecule has 142 valence electrons. The summed E-state index contributed by atoms with van der Waals surface area (Å²) >= 11 is 0. The second-order valence-corrected chi connectivity index (χ2v) is 6.39. The number of aromatic nitrogens is 2. The van der Waals surface area contributed by atoms with E-state index in [1.54, 1.807) is 18.2 Å². The number of imidazole rings is 1. The van der Waals surface area contributed by atoms with Crippen molar-refractivity contribution in [2.24, 2.45) is 0 Å². The number of hydrogen-bond donors (Lipinski definition) is 4. The molecule has 27 heavy (non-hydrogen) atoms. The topological polar surface area (TPSA) is 107 Å². The fourth-order valence-corrected chi connectivity index (χ4v) is 2.82. The molecule has 2 aromatic carbocycles. The van der Waals surface area contributed by atoms with Crippen LogP contribution < -0.4 is 5.32 Å². The molecule has 0 bridgehead atoms. The van der Waals surface area contributed by atoms with Crippen LogP contribution in [-0.4, -0.2) is 38.9 Å². The molecule has 4 N–H and O–H groups in total. The lowest BCUT2D eigenvalue weighted by atomic mass is 10.0. The highest BCUT2D eigenvalue weighted by molar-refractivity contribution is 5.76. The van der Waals surface area contributed by atoms with Gasteiger partial charge in [0.1, 0.15) is 18.5 Å². The zero-order chi connectivity index (χ0) is 19.2. The van der Waals surface area contributed by atoms with Crippen LogP contribution in [0.5, 0.6) is 0 Å². The van der Waals surface area contributed by atoms with Crippen LogP contribution in [0.3, 0.4) is 0 Å². The lowest BCUT2D eigenvalue weighted by Gasteiger charge is -2.18. The molecule has 3 rings (SSSR count). The molecule has 7 nitrogen and oxygen atoms in total. The summed E-state index contributed by atoms with van der Waals surface area (Å²) in [5.74, 6) is 0.787. The van der Waals surface area contributed by atoms with Crippen LogP contribution in [-0.2, 0) is 11.3 Å². The fraction of sp³-hybridized carbons (Fsp3) is 0.300. The van der Waals surface area contributed by atoms with Crippen molar-refractivity contribution in [3.05, 3.63) is 65.5 Å². The van der Waals surface area contributed by atoms with Crippen molar-refractivity contribution in [2.45, 2.75) is 32.2 Å². The lowest BCUT2D eigenvalue weighted by molar-refractivity contribution is 0.0137. The summed E-state index contributed by atoms with van der Waals surface area (Å²) in [5, 5.41) is 23.1. The number of rotatable bonds is 7. The average molecular weight is 369 g/mol. The largest absolute Gasteiger partial charge is 0.445 e. The third kappa shape index (κ3) is 5.06. The Bertz CT molecular complexity index is 895. The maximum Gasteiger partial charge on any atom is 0.407 e. The SMILES string of the molecule is Cc1nc2ccc(C(O)C(O)CCNC(=O)OCc3ccccc3)cc2[nH]1. The van der Waals surface area contributed by atoms with E-state index in [0.717, 1.165) is 22.4 Å². The highest BCUT2D eigenvalue weighted by atomic mass is 16.5. The number of alkyl carbamates (subject to hydrolysis) is 1. The number of nitrogens with one attached hydrogen (secondary N) is 2. The molecule has 2 atom stereocenters. The van der Waals surface area contributed by atoms with Crippen LogP contribution in [0.2, 0.25) is 0 Å². The van der Waals surface area contributed by atoms with Crippen molar-refractivity contribution in [3.8, 4) is 0 Å². The highest BCUT2D eigenvalue weighted by Gasteiger charge is 2.19. The summed E-state index contributed by atoms with van der Waals surface area (Å²) in [7, 11) is 0. The van der Waals surface area contributed by atoms with Gasteiger partial charge in [-0.05, 0) is 36.6 Å². The molecule has 0 aliphatic heterocycles. The molecule has 3 aromatic rings. The Hall–Kier alpha value is -2.90. The average Bonchev–Trinajstić information content (AvgIpc) is 3.05. The molecule has 0 spiro atoms. The molecule has 0 radical (unpaired) electrons. The Morgan fingerprint density at radius 3 is 2.78 bits per heavy atom. The van der Waals surface area contributed by atoms with Crippen molar-refractivity contribution >= 4 is 17.1 Å². The molecule has 0 fully saturated rings. The smallest absolute Gasteiger partial charge is 0.407 e. The molecule has 7 heteroatoms. The van der Waals surface area contributed by atoms with Gasteiger partial charge in [0, 0.05) is 6.54 Å². The van der Waals surface area contributed by atoms with E-state index in [-0.39, 0.29) is 19.6 Å². The zero-order valence-electron chi connectivity index (χ0n) is 15.1. The number of ether oxygens (including phenoxy) is 1. The number of hydrogen-bond acceptors (Lipinski definition) is 5. The molecule has 0 saturated heterocycles. The van der Waals surface area contributed by atoms with Crippen LogP contribution in [0.15, 0.2) is 48.5 Å². The van der Waals surface area contributed by atoms with Gasteiger partial charge in [-0.1, -0.05) is 36.4 Å². The Morgan fingerprint density at radius 1 is 1.22 bits per heavy atom. The van der Waals surface area contributed by atoms with Gasteiger partial charge in [0.2, 0.25) is 0 Å². The maximum atomic E-state index is 11.7. The van der Waals surface area contributed by atoms with Gasteiger partial charge >= 0.3 is 6.09 Å². The number of amides is 1. The number of aryl methyl sites for hydroxylation is 1. The number of aliphatic hydroxyl groups excluding tert-OH is 2. The van der Waals surface area contributed by atoms with Crippen molar-refractivity contribution in [2.75, 3.05) is 6.54 Å².